The molecular formula is C11H12IN3OS. The van der Waals surface area contributed by atoms with Crippen molar-refractivity contribution >= 4 is 33.9 Å². The van der Waals surface area contributed by atoms with Crippen molar-refractivity contribution < 1.29 is 4.74 Å². The molecule has 0 aliphatic rings. The lowest BCUT2D eigenvalue weighted by atomic mass is 10.3. The van der Waals surface area contributed by atoms with Crippen LogP contribution in [0.2, 0.25) is 0 Å². The molecule has 0 saturated carbocycles. The van der Waals surface area contributed by atoms with Gasteiger partial charge in [0.05, 0.1) is 0 Å². The van der Waals surface area contributed by atoms with Crippen LogP contribution < -0.4 is 10.1 Å². The van der Waals surface area contributed by atoms with Crippen molar-refractivity contribution in [2.24, 2.45) is 0 Å². The summed E-state index contributed by atoms with van der Waals surface area (Å²) in [5, 5.41) is 12.8. The maximum absolute atomic E-state index is 5.63. The predicted molar refractivity (Wildman–Crippen MR) is 76.5 cm³/mol. The predicted octanol–water partition coefficient (Wildman–Crippen LogP) is 3.04. The summed E-state index contributed by atoms with van der Waals surface area (Å²) in [6, 6.07) is 7.85. The van der Waals surface area contributed by atoms with Gasteiger partial charge in [-0.25, -0.2) is 0 Å². The molecule has 0 radical (unpaired) electrons. The number of nitrogens with zero attached hydrogens (tertiary/aromatic N) is 2. The van der Waals surface area contributed by atoms with E-state index in [0.29, 0.717) is 5.19 Å². The highest BCUT2D eigenvalue weighted by Crippen LogP contribution is 2.25. The molecule has 1 N–H and O–H groups in total. The quantitative estimate of drug-likeness (QED) is 0.832. The van der Waals surface area contributed by atoms with Gasteiger partial charge in [-0.2, -0.15) is 0 Å². The number of aromatic nitrogens is 2. The number of rotatable bonds is 5. The molecule has 2 rings (SSSR count). The summed E-state index contributed by atoms with van der Waals surface area (Å²) in [6.07, 6.45) is 0. The van der Waals surface area contributed by atoms with Gasteiger partial charge in [0.25, 0.3) is 5.19 Å². The van der Waals surface area contributed by atoms with E-state index >= 15 is 0 Å². The number of halogens is 1. The molecule has 0 aliphatic heterocycles. The first-order chi connectivity index (χ1) is 8.28. The van der Waals surface area contributed by atoms with Crippen LogP contribution in [-0.2, 0) is 6.54 Å². The third kappa shape index (κ3) is 3.90. The summed E-state index contributed by atoms with van der Waals surface area (Å²) in [6.45, 7) is 3.72. The van der Waals surface area contributed by atoms with E-state index in [1.54, 1.807) is 0 Å². The number of benzene rings is 1. The van der Waals surface area contributed by atoms with Crippen molar-refractivity contribution in [3.05, 3.63) is 32.8 Å². The van der Waals surface area contributed by atoms with Crippen LogP contribution in [0, 0.1) is 3.57 Å². The molecule has 6 heteroatoms. The highest BCUT2D eigenvalue weighted by atomic mass is 127. The minimum absolute atomic E-state index is 0.583. The average Bonchev–Trinajstić information content (AvgIpc) is 2.74. The van der Waals surface area contributed by atoms with Gasteiger partial charge in [-0.05, 0) is 47.3 Å². The van der Waals surface area contributed by atoms with Crippen molar-refractivity contribution in [2.75, 3.05) is 6.54 Å². The fourth-order valence-electron chi connectivity index (χ4n) is 1.21. The zero-order chi connectivity index (χ0) is 12.1. The van der Waals surface area contributed by atoms with Crippen LogP contribution in [0.1, 0.15) is 11.9 Å². The van der Waals surface area contributed by atoms with Crippen LogP contribution in [0.4, 0.5) is 0 Å². The van der Waals surface area contributed by atoms with Crippen molar-refractivity contribution in [2.45, 2.75) is 13.5 Å². The van der Waals surface area contributed by atoms with Crippen LogP contribution >= 0.6 is 33.9 Å². The molecule has 0 bridgehead atoms. The molecule has 0 aliphatic carbocycles. The molecular weight excluding hydrogens is 349 g/mol. The van der Waals surface area contributed by atoms with E-state index in [9.17, 15) is 0 Å². The first-order valence-corrected chi connectivity index (χ1v) is 7.14. The van der Waals surface area contributed by atoms with E-state index in [2.05, 4.69) is 45.0 Å². The smallest absolute Gasteiger partial charge is 0.299 e. The zero-order valence-electron chi connectivity index (χ0n) is 9.31. The second kappa shape index (κ2) is 6.27. The Hall–Kier alpha value is -0.730. The molecule has 0 fully saturated rings. The molecule has 4 nitrogen and oxygen atoms in total. The highest BCUT2D eigenvalue weighted by Gasteiger charge is 2.05. The first-order valence-electron chi connectivity index (χ1n) is 5.24. The standard InChI is InChI=1S/C11H12IN3OS/c1-2-13-7-10-14-15-11(17-10)16-9-5-3-4-8(12)6-9/h3-6,13H,2,7H2,1H3. The summed E-state index contributed by atoms with van der Waals surface area (Å²) in [5.41, 5.74) is 0. The summed E-state index contributed by atoms with van der Waals surface area (Å²) in [5.74, 6) is 0.794. The Kier molecular flexibility index (Phi) is 4.69. The van der Waals surface area contributed by atoms with E-state index in [0.717, 1.165) is 27.4 Å². The van der Waals surface area contributed by atoms with E-state index in [-0.39, 0.29) is 0 Å². The molecule has 1 aromatic carbocycles. The zero-order valence-corrected chi connectivity index (χ0v) is 12.3. The van der Waals surface area contributed by atoms with Gasteiger partial charge < -0.3 is 10.1 Å². The van der Waals surface area contributed by atoms with Crippen molar-refractivity contribution in [1.82, 2.24) is 15.5 Å². The summed E-state index contributed by atoms with van der Waals surface area (Å²) in [4.78, 5) is 0. The Morgan fingerprint density at radius 2 is 2.29 bits per heavy atom. The highest BCUT2D eigenvalue weighted by molar-refractivity contribution is 14.1. The van der Waals surface area contributed by atoms with Crippen LogP contribution in [0.15, 0.2) is 24.3 Å². The maximum Gasteiger partial charge on any atom is 0.299 e. The van der Waals surface area contributed by atoms with Gasteiger partial charge >= 0.3 is 0 Å². The van der Waals surface area contributed by atoms with E-state index < -0.39 is 0 Å². The van der Waals surface area contributed by atoms with Gasteiger partial charge in [0.1, 0.15) is 10.8 Å². The lowest BCUT2D eigenvalue weighted by Crippen LogP contribution is -2.11. The largest absolute Gasteiger partial charge is 0.430 e. The molecule has 0 spiro atoms. The minimum atomic E-state index is 0.583. The van der Waals surface area contributed by atoms with Gasteiger partial charge in [0.2, 0.25) is 0 Å². The summed E-state index contributed by atoms with van der Waals surface area (Å²) in [7, 11) is 0. The fraction of sp³-hybridized carbons (Fsp3) is 0.273. The SMILES string of the molecule is CCNCc1nnc(Oc2cccc(I)c2)s1. The van der Waals surface area contributed by atoms with Gasteiger partial charge in [0, 0.05) is 10.1 Å². The van der Waals surface area contributed by atoms with Gasteiger partial charge in [-0.15, -0.1) is 5.10 Å². The average molecular weight is 361 g/mol. The first kappa shape index (κ1) is 12.7. The van der Waals surface area contributed by atoms with Crippen molar-refractivity contribution in [1.29, 1.82) is 0 Å². The Labute approximate surface area is 118 Å². The molecule has 0 atom stereocenters. The van der Waals surface area contributed by atoms with Gasteiger partial charge in [-0.1, -0.05) is 29.4 Å². The van der Waals surface area contributed by atoms with Gasteiger partial charge in [-0.3, -0.25) is 0 Å². The van der Waals surface area contributed by atoms with Crippen molar-refractivity contribution in [3.63, 3.8) is 0 Å². The molecule has 1 aromatic heterocycles. The lowest BCUT2D eigenvalue weighted by Gasteiger charge is -2.00. The van der Waals surface area contributed by atoms with Crippen LogP contribution in [0.3, 0.4) is 0 Å². The number of hydrogen-bond acceptors (Lipinski definition) is 5. The van der Waals surface area contributed by atoms with Crippen LogP contribution in [-0.4, -0.2) is 16.7 Å². The number of ether oxygens (including phenoxy) is 1. The lowest BCUT2D eigenvalue weighted by molar-refractivity contribution is 0.472. The molecule has 2 aromatic rings. The summed E-state index contributed by atoms with van der Waals surface area (Å²) >= 11 is 3.71. The third-order valence-electron chi connectivity index (χ3n) is 1.98. The van der Waals surface area contributed by atoms with E-state index in [1.165, 1.54) is 11.3 Å². The molecule has 90 valence electrons. The second-order valence-corrected chi connectivity index (χ2v) is 5.57. The Bertz CT molecular complexity index is 489. The molecule has 0 unspecified atom stereocenters. The van der Waals surface area contributed by atoms with Crippen LogP contribution in [0.5, 0.6) is 10.9 Å². The molecule has 0 amide bonds. The Morgan fingerprint density at radius 3 is 3.06 bits per heavy atom. The topological polar surface area (TPSA) is 47.0 Å². The summed E-state index contributed by atoms with van der Waals surface area (Å²) < 4.78 is 6.77. The second-order valence-electron chi connectivity index (χ2n) is 3.30. The molecule has 1 heterocycles. The molecule has 0 saturated heterocycles. The third-order valence-corrected chi connectivity index (χ3v) is 3.45. The van der Waals surface area contributed by atoms with E-state index in [4.69, 9.17) is 4.74 Å². The maximum atomic E-state index is 5.63. The fourth-order valence-corrected chi connectivity index (χ4v) is 2.41. The van der Waals surface area contributed by atoms with E-state index in [1.807, 2.05) is 24.3 Å². The van der Waals surface area contributed by atoms with Gasteiger partial charge in [0.15, 0.2) is 0 Å². The monoisotopic (exact) mass is 361 g/mol. The Morgan fingerprint density at radius 1 is 1.41 bits per heavy atom. The normalized spacial score (nSPS) is 10.5. The number of nitrogens with one attached hydrogen (secondary N) is 1. The van der Waals surface area contributed by atoms with Crippen LogP contribution in [0.25, 0.3) is 0 Å². The minimum Gasteiger partial charge on any atom is -0.430 e. The van der Waals surface area contributed by atoms with Crippen molar-refractivity contribution in [3.8, 4) is 10.9 Å². The molecule has 17 heavy (non-hydrogen) atoms. The number of hydrogen-bond donors (Lipinski definition) is 1. The Balaban J connectivity index is 2.01.